The van der Waals surface area contributed by atoms with E-state index >= 15 is 0 Å². The predicted molar refractivity (Wildman–Crippen MR) is 75.4 cm³/mol. The molecule has 1 aromatic rings. The molecule has 0 aliphatic heterocycles. The van der Waals surface area contributed by atoms with Crippen molar-refractivity contribution in [3.8, 4) is 0 Å². The molecule has 0 amide bonds. The van der Waals surface area contributed by atoms with Crippen LogP contribution in [0.5, 0.6) is 0 Å². The third-order valence-corrected chi connectivity index (χ3v) is 3.11. The van der Waals surface area contributed by atoms with Crippen molar-refractivity contribution in [1.29, 1.82) is 0 Å². The summed E-state index contributed by atoms with van der Waals surface area (Å²) in [5.74, 6) is 1.13. The summed E-state index contributed by atoms with van der Waals surface area (Å²) in [6, 6.07) is 3.84. The first kappa shape index (κ1) is 16.3. The Morgan fingerprint density at radius 2 is 1.56 bits per heavy atom. The summed E-state index contributed by atoms with van der Waals surface area (Å²) >= 11 is 17.7. The zero-order valence-electron chi connectivity index (χ0n) is 8.81. The highest BCUT2D eigenvalue weighted by Gasteiger charge is 2.10. The van der Waals surface area contributed by atoms with Gasteiger partial charge in [-0.3, -0.25) is 0 Å². The maximum Gasteiger partial charge on any atom is 0.0441 e. The fourth-order valence-corrected chi connectivity index (χ4v) is 2.32. The van der Waals surface area contributed by atoms with Crippen molar-refractivity contribution >= 4 is 47.2 Å². The maximum atomic E-state index is 6.13. The molecule has 5 heteroatoms. The van der Waals surface area contributed by atoms with Gasteiger partial charge in [0.15, 0.2) is 0 Å². The average Bonchev–Trinajstić information content (AvgIpc) is 2.24. The van der Waals surface area contributed by atoms with Crippen LogP contribution in [0.15, 0.2) is 12.1 Å². The molecule has 1 nitrogen and oxygen atoms in total. The van der Waals surface area contributed by atoms with Gasteiger partial charge in [-0.1, -0.05) is 17.7 Å². The van der Waals surface area contributed by atoms with E-state index in [2.05, 4.69) is 0 Å². The Bertz CT molecular complexity index is 328. The minimum atomic E-state index is 0. The van der Waals surface area contributed by atoms with Gasteiger partial charge in [-0.2, -0.15) is 0 Å². The summed E-state index contributed by atoms with van der Waals surface area (Å²) in [4.78, 5) is 0. The normalized spacial score (nSPS) is 10.0. The van der Waals surface area contributed by atoms with Crippen LogP contribution in [0.25, 0.3) is 0 Å². The molecular formula is C11H15Cl4N. The molecule has 2 N–H and O–H groups in total. The van der Waals surface area contributed by atoms with Crippen molar-refractivity contribution in [3.63, 3.8) is 0 Å². The van der Waals surface area contributed by atoms with Crippen LogP contribution in [0, 0.1) is 0 Å². The van der Waals surface area contributed by atoms with Crippen LogP contribution in [0.4, 0.5) is 0 Å². The molecule has 0 saturated heterocycles. The smallest absolute Gasteiger partial charge is 0.0441 e. The molecule has 0 aliphatic rings. The molecular weight excluding hydrogens is 288 g/mol. The van der Waals surface area contributed by atoms with Gasteiger partial charge < -0.3 is 5.73 Å². The molecule has 0 saturated carbocycles. The first-order chi connectivity index (χ1) is 7.24. The zero-order chi connectivity index (χ0) is 11.3. The Morgan fingerprint density at radius 3 is 2.06 bits per heavy atom. The number of alkyl halides is 2. The van der Waals surface area contributed by atoms with Gasteiger partial charge in [0, 0.05) is 23.3 Å². The third-order valence-electron chi connectivity index (χ3n) is 2.38. The van der Waals surface area contributed by atoms with E-state index in [1.54, 1.807) is 0 Å². The van der Waals surface area contributed by atoms with E-state index in [4.69, 9.17) is 40.5 Å². The number of rotatable bonds is 5. The lowest BCUT2D eigenvalue weighted by Gasteiger charge is -2.14. The number of hydrogen-bond acceptors (Lipinski definition) is 1. The van der Waals surface area contributed by atoms with Crippen LogP contribution >= 0.6 is 47.2 Å². The Labute approximate surface area is 118 Å². The van der Waals surface area contributed by atoms with Gasteiger partial charge in [0.05, 0.1) is 0 Å². The van der Waals surface area contributed by atoms with Gasteiger partial charge in [-0.05, 0) is 35.6 Å². The van der Waals surface area contributed by atoms with Crippen molar-refractivity contribution < 1.29 is 0 Å². The molecule has 0 radical (unpaired) electrons. The van der Waals surface area contributed by atoms with E-state index in [0.717, 1.165) is 29.0 Å². The van der Waals surface area contributed by atoms with E-state index < -0.39 is 0 Å². The fourth-order valence-electron chi connectivity index (χ4n) is 1.67. The maximum absolute atomic E-state index is 6.13. The van der Waals surface area contributed by atoms with Gasteiger partial charge in [0.25, 0.3) is 0 Å². The molecule has 0 spiro atoms. The molecule has 0 fully saturated rings. The molecule has 0 atom stereocenters. The Hall–Kier alpha value is 0.340. The highest BCUT2D eigenvalue weighted by molar-refractivity contribution is 6.31. The lowest BCUT2D eigenvalue weighted by Crippen LogP contribution is -2.07. The van der Waals surface area contributed by atoms with Crippen molar-refractivity contribution in [2.45, 2.75) is 19.4 Å². The first-order valence-corrected chi connectivity index (χ1v) is 6.30. The molecule has 0 aromatic heterocycles. The van der Waals surface area contributed by atoms with E-state index in [-0.39, 0.29) is 12.4 Å². The highest BCUT2D eigenvalue weighted by atomic mass is 35.5. The Morgan fingerprint density at radius 1 is 1.00 bits per heavy atom. The summed E-state index contributed by atoms with van der Waals surface area (Å²) < 4.78 is 0. The summed E-state index contributed by atoms with van der Waals surface area (Å²) in [6.07, 6.45) is 1.56. The van der Waals surface area contributed by atoms with Crippen molar-refractivity contribution in [3.05, 3.63) is 33.8 Å². The van der Waals surface area contributed by atoms with Crippen LogP contribution in [0.1, 0.15) is 16.7 Å². The van der Waals surface area contributed by atoms with E-state index in [9.17, 15) is 0 Å². The largest absolute Gasteiger partial charge is 0.326 e. The van der Waals surface area contributed by atoms with Crippen LogP contribution in [0.2, 0.25) is 5.02 Å². The summed E-state index contributed by atoms with van der Waals surface area (Å²) in [7, 11) is 0. The molecule has 1 rings (SSSR count). The van der Waals surface area contributed by atoms with Crippen LogP contribution < -0.4 is 5.73 Å². The van der Waals surface area contributed by atoms with Crippen molar-refractivity contribution in [2.24, 2.45) is 5.73 Å². The Balaban J connectivity index is 0.00000225. The molecule has 0 bridgehead atoms. The monoisotopic (exact) mass is 301 g/mol. The lowest BCUT2D eigenvalue weighted by molar-refractivity contribution is 0.967. The van der Waals surface area contributed by atoms with Gasteiger partial charge in [0.1, 0.15) is 0 Å². The van der Waals surface area contributed by atoms with Gasteiger partial charge in [0.2, 0.25) is 0 Å². The molecule has 16 heavy (non-hydrogen) atoms. The standard InChI is InChI=1S/C11H14Cl3N.ClH/c12-5-3-9-8(7-15)1-2-11(14)10(9)4-6-13;/h1-2H,3-7,15H2;1H. The molecule has 92 valence electrons. The number of nitrogens with two attached hydrogens (primary N) is 1. The molecule has 0 aliphatic carbocycles. The van der Waals surface area contributed by atoms with Gasteiger partial charge in [-0.15, -0.1) is 35.6 Å². The molecule has 0 unspecified atom stereocenters. The fraction of sp³-hybridized carbons (Fsp3) is 0.455. The minimum absolute atomic E-state index is 0. The topological polar surface area (TPSA) is 26.0 Å². The zero-order valence-corrected chi connectivity index (χ0v) is 11.9. The first-order valence-electron chi connectivity index (χ1n) is 4.85. The number of benzene rings is 1. The van der Waals surface area contributed by atoms with Gasteiger partial charge >= 0.3 is 0 Å². The second-order valence-electron chi connectivity index (χ2n) is 3.25. The van der Waals surface area contributed by atoms with Crippen molar-refractivity contribution in [1.82, 2.24) is 0 Å². The minimum Gasteiger partial charge on any atom is -0.326 e. The lowest BCUT2D eigenvalue weighted by atomic mass is 9.97. The summed E-state index contributed by atoms with van der Waals surface area (Å²) in [5.41, 5.74) is 9.05. The van der Waals surface area contributed by atoms with Crippen LogP contribution in [0.3, 0.4) is 0 Å². The molecule has 0 heterocycles. The number of halogens is 4. The van der Waals surface area contributed by atoms with Gasteiger partial charge in [-0.25, -0.2) is 0 Å². The third kappa shape index (κ3) is 3.97. The van der Waals surface area contributed by atoms with E-state index in [0.29, 0.717) is 18.3 Å². The quantitative estimate of drug-likeness (QED) is 0.823. The summed E-state index contributed by atoms with van der Waals surface area (Å²) in [6.45, 7) is 0.513. The van der Waals surface area contributed by atoms with E-state index in [1.165, 1.54) is 5.56 Å². The second kappa shape index (κ2) is 8.43. The SMILES string of the molecule is Cl.NCc1ccc(Cl)c(CCCl)c1CCCl. The average molecular weight is 303 g/mol. The van der Waals surface area contributed by atoms with E-state index in [1.807, 2.05) is 12.1 Å². The molecule has 1 aromatic carbocycles. The van der Waals surface area contributed by atoms with Crippen LogP contribution in [-0.4, -0.2) is 11.8 Å². The second-order valence-corrected chi connectivity index (χ2v) is 4.41. The number of hydrogen-bond donors (Lipinski definition) is 1. The summed E-state index contributed by atoms with van der Waals surface area (Å²) in [5, 5.41) is 0.757. The van der Waals surface area contributed by atoms with Crippen molar-refractivity contribution in [2.75, 3.05) is 11.8 Å². The highest BCUT2D eigenvalue weighted by Crippen LogP contribution is 2.25. The van der Waals surface area contributed by atoms with Crippen LogP contribution in [-0.2, 0) is 19.4 Å². The predicted octanol–water partition coefficient (Wildman–Crippen LogP) is 3.78. The Kier molecular flexibility index (Phi) is 8.61.